The monoisotopic (exact) mass is 1070 g/mol. The number of nitrogens with zero attached hydrogens (tertiary/aromatic N) is 10. The first-order valence-corrected chi connectivity index (χ1v) is 27.5. The van der Waals surface area contributed by atoms with Crippen molar-refractivity contribution in [2.45, 2.75) is 129 Å². The van der Waals surface area contributed by atoms with Gasteiger partial charge in [-0.05, 0) is 186 Å². The predicted molar refractivity (Wildman–Crippen MR) is 313 cm³/mol. The molecule has 6 aromatic heterocycles. The Balaban J connectivity index is 0.000000129. The standard InChI is InChI=1S/C28H27N5.C19H21BrN4.C15H18BNO2/c1-19-6-5-7-20(2)33(19)23-12-10-21(11-13-23)22-16-30-28-26(17-31-32(28)18-22)24-14-15-29-27-9-4-3-8-25(24)27;1-13-4-3-5-14(2)24(13)17-8-6-15(7-9-17)16-10-21-19-18(20)11-22-23(19)12-16;1-14(2)15(3,4)19-16(18-14)12-9-10-17-13-8-6-5-7-11(12)13/h3-4,8-20H,5-7H2,1-2H3;6-14H,3-5H2,1-2H3;5-10H,1-4H3/t19-,20+;13-,14+;/i15D;;10D. The molecule has 12 nitrogen and oxygen atoms in total. The van der Waals surface area contributed by atoms with Crippen LogP contribution in [-0.2, 0) is 9.31 Å². The quantitative estimate of drug-likeness (QED) is 0.149. The van der Waals surface area contributed by atoms with E-state index in [9.17, 15) is 0 Å². The summed E-state index contributed by atoms with van der Waals surface area (Å²) in [6.07, 6.45) is 19.6. The normalized spacial score (nSPS) is 20.5. The van der Waals surface area contributed by atoms with E-state index >= 15 is 0 Å². The molecule has 4 aromatic carbocycles. The number of hydrogen-bond acceptors (Lipinski definition) is 10. The first-order chi connectivity index (χ1) is 37.5. The van der Waals surface area contributed by atoms with Gasteiger partial charge in [0, 0.05) is 94.8 Å². The molecule has 0 amide bonds. The predicted octanol–water partition coefficient (Wildman–Crippen LogP) is 13.8. The maximum Gasteiger partial charge on any atom is 0.495 e. The van der Waals surface area contributed by atoms with Crippen LogP contribution in [0.5, 0.6) is 0 Å². The lowest BCUT2D eigenvalue weighted by atomic mass is 9.77. The van der Waals surface area contributed by atoms with Crippen molar-refractivity contribution in [2.24, 2.45) is 0 Å². The van der Waals surface area contributed by atoms with Crippen LogP contribution in [0, 0.1) is 0 Å². The van der Waals surface area contributed by atoms with E-state index in [0.717, 1.165) is 76.4 Å². The summed E-state index contributed by atoms with van der Waals surface area (Å²) in [5.41, 5.74) is 12.1. The number of rotatable bonds is 6. The average molecular weight is 1080 g/mol. The van der Waals surface area contributed by atoms with Gasteiger partial charge in [0.05, 0.1) is 41.8 Å². The van der Waals surface area contributed by atoms with E-state index in [0.29, 0.717) is 24.2 Å². The zero-order valence-corrected chi connectivity index (χ0v) is 46.2. The van der Waals surface area contributed by atoms with Gasteiger partial charge in [-0.25, -0.2) is 19.0 Å². The number of para-hydroxylation sites is 2. The Morgan fingerprint density at radius 3 is 1.53 bits per heavy atom. The lowest BCUT2D eigenvalue weighted by Crippen LogP contribution is -2.43. The maximum absolute atomic E-state index is 8.13. The summed E-state index contributed by atoms with van der Waals surface area (Å²) >= 11 is 3.46. The Morgan fingerprint density at radius 2 is 0.974 bits per heavy atom. The van der Waals surface area contributed by atoms with Gasteiger partial charge in [-0.2, -0.15) is 10.2 Å². The molecular weight excluding hydrogens is 1010 g/mol. The van der Waals surface area contributed by atoms with Crippen molar-refractivity contribution in [1.82, 2.24) is 39.2 Å². The molecule has 0 unspecified atom stereocenters. The van der Waals surface area contributed by atoms with Crippen molar-refractivity contribution in [2.75, 3.05) is 9.80 Å². The number of piperidine rings is 2. The molecule has 0 aliphatic carbocycles. The summed E-state index contributed by atoms with van der Waals surface area (Å²) < 4.78 is 32.7. The second-order valence-corrected chi connectivity index (χ2v) is 22.6. The lowest BCUT2D eigenvalue weighted by molar-refractivity contribution is 0.00578. The van der Waals surface area contributed by atoms with Gasteiger partial charge in [-0.1, -0.05) is 60.7 Å². The first-order valence-electron chi connectivity index (χ1n) is 27.7. The van der Waals surface area contributed by atoms with Crippen molar-refractivity contribution in [3.63, 3.8) is 0 Å². The van der Waals surface area contributed by atoms with Gasteiger partial charge in [0.1, 0.15) is 0 Å². The van der Waals surface area contributed by atoms with Gasteiger partial charge in [0.2, 0.25) is 0 Å². The number of benzene rings is 4. The number of aromatic nitrogens is 8. The number of anilines is 2. The van der Waals surface area contributed by atoms with Crippen LogP contribution in [0.4, 0.5) is 11.4 Å². The highest BCUT2D eigenvalue weighted by Crippen LogP contribution is 2.38. The number of hydrogen-bond donors (Lipinski definition) is 0. The van der Waals surface area contributed by atoms with Crippen LogP contribution < -0.4 is 15.3 Å². The molecule has 0 saturated carbocycles. The molecule has 14 heteroatoms. The van der Waals surface area contributed by atoms with Crippen molar-refractivity contribution >= 4 is 73.0 Å². The highest BCUT2D eigenvalue weighted by molar-refractivity contribution is 9.10. The van der Waals surface area contributed by atoms with Gasteiger partial charge in [0.15, 0.2) is 11.3 Å². The molecule has 3 saturated heterocycles. The molecule has 3 aliphatic rings. The van der Waals surface area contributed by atoms with Crippen molar-refractivity contribution in [3.05, 3.63) is 163 Å². The molecule has 13 rings (SSSR count). The van der Waals surface area contributed by atoms with E-state index in [-0.39, 0.29) is 23.5 Å². The van der Waals surface area contributed by atoms with E-state index in [1.165, 1.54) is 49.9 Å². The van der Waals surface area contributed by atoms with Crippen molar-refractivity contribution in [1.29, 1.82) is 0 Å². The van der Waals surface area contributed by atoms with Crippen LogP contribution >= 0.6 is 15.9 Å². The summed E-state index contributed by atoms with van der Waals surface area (Å²) in [5, 5.41) is 10.9. The first kappa shape index (κ1) is 48.6. The van der Waals surface area contributed by atoms with E-state index < -0.39 is 7.12 Å². The number of pyridine rings is 2. The maximum atomic E-state index is 8.13. The Hall–Kier alpha value is -7.00. The van der Waals surface area contributed by atoms with Gasteiger partial charge in [0.25, 0.3) is 0 Å². The molecule has 3 aliphatic heterocycles. The fraction of sp³-hybridized carbons (Fsp3) is 0.323. The molecule has 3 fully saturated rings. The van der Waals surface area contributed by atoms with Crippen LogP contribution in [0.1, 0.15) is 96.7 Å². The molecular formula is C62H66BBrN10O2. The summed E-state index contributed by atoms with van der Waals surface area (Å²) in [6, 6.07) is 39.2. The third kappa shape index (κ3) is 10.1. The van der Waals surface area contributed by atoms with E-state index in [1.54, 1.807) is 18.3 Å². The molecule has 4 atom stereocenters. The molecule has 10 aromatic rings. The van der Waals surface area contributed by atoms with Crippen molar-refractivity contribution in [3.8, 4) is 33.4 Å². The molecule has 9 heterocycles. The number of halogens is 1. The molecule has 386 valence electrons. The molecule has 0 N–H and O–H groups in total. The summed E-state index contributed by atoms with van der Waals surface area (Å²) in [5.74, 6) is 0. The summed E-state index contributed by atoms with van der Waals surface area (Å²) in [4.78, 5) is 23.0. The van der Waals surface area contributed by atoms with E-state index in [1.807, 2.05) is 116 Å². The van der Waals surface area contributed by atoms with Gasteiger partial charge >= 0.3 is 7.12 Å². The summed E-state index contributed by atoms with van der Waals surface area (Å²) in [7, 11) is -0.461. The highest BCUT2D eigenvalue weighted by Gasteiger charge is 2.52. The van der Waals surface area contributed by atoms with Crippen LogP contribution in [0.15, 0.2) is 163 Å². The fourth-order valence-corrected chi connectivity index (χ4v) is 11.6. The van der Waals surface area contributed by atoms with E-state index in [4.69, 9.17) is 17.0 Å². The van der Waals surface area contributed by atoms with Crippen molar-refractivity contribution < 1.29 is 12.1 Å². The molecule has 0 radical (unpaired) electrons. The highest BCUT2D eigenvalue weighted by atomic mass is 79.9. The largest absolute Gasteiger partial charge is 0.495 e. The second kappa shape index (κ2) is 21.2. The average Bonchev–Trinajstić information content (AvgIpc) is 4.21. The topological polar surface area (TPSA) is 111 Å². The zero-order chi connectivity index (χ0) is 54.5. The Bertz CT molecular complexity index is 3740. The minimum absolute atomic E-state index is 0.230. The van der Waals surface area contributed by atoms with Crippen LogP contribution in [0.3, 0.4) is 0 Å². The van der Waals surface area contributed by atoms with Gasteiger partial charge in [-0.15, -0.1) is 0 Å². The van der Waals surface area contributed by atoms with Gasteiger partial charge < -0.3 is 19.1 Å². The van der Waals surface area contributed by atoms with E-state index in [2.05, 4.69) is 127 Å². The summed E-state index contributed by atoms with van der Waals surface area (Å²) in [6.45, 7) is 17.4. The third-order valence-electron chi connectivity index (χ3n) is 16.1. The van der Waals surface area contributed by atoms with Crippen LogP contribution in [0.2, 0.25) is 0 Å². The molecule has 0 bridgehead atoms. The molecule has 0 spiro atoms. The van der Waals surface area contributed by atoms with Gasteiger partial charge in [-0.3, -0.25) is 9.97 Å². The fourth-order valence-electron chi connectivity index (χ4n) is 11.2. The molecule has 76 heavy (non-hydrogen) atoms. The Morgan fingerprint density at radius 1 is 0.513 bits per heavy atom. The SMILES string of the molecule is C[C@@H]1CCC[C@H](C)N1c1ccc(-c2cnc3c(Br)cnn3c2)cc1.[2H]c1cc(-c2cnn3cc(-c4ccc(N5[C@H](C)CCC[C@@H]5C)cc4)cnc23)c2ccccc2n1.[2H]c1cc(B2OC(C)(C)C(C)(C)O2)c2ccccc2n1. The number of fused-ring (bicyclic) bond motifs is 4. The minimum atomic E-state index is -0.461. The third-order valence-corrected chi connectivity index (χ3v) is 16.6. The lowest BCUT2D eigenvalue weighted by Gasteiger charge is -2.41. The smallest absolute Gasteiger partial charge is 0.399 e. The Kier molecular flexibility index (Phi) is 13.6. The zero-order valence-electron chi connectivity index (χ0n) is 46.7. The minimum Gasteiger partial charge on any atom is -0.399 e. The second-order valence-electron chi connectivity index (χ2n) is 21.7. The van der Waals surface area contributed by atoms with Crippen LogP contribution in [0.25, 0.3) is 66.5 Å². The Labute approximate surface area is 457 Å². The van der Waals surface area contributed by atoms with Crippen LogP contribution in [-0.4, -0.2) is 81.7 Å².